The van der Waals surface area contributed by atoms with Crippen molar-refractivity contribution in [3.05, 3.63) is 44.4 Å². The van der Waals surface area contributed by atoms with E-state index in [-0.39, 0.29) is 11.7 Å². The maximum atomic E-state index is 12.9. The third-order valence-corrected chi connectivity index (χ3v) is 3.45. The first kappa shape index (κ1) is 13.0. The van der Waals surface area contributed by atoms with Crippen LogP contribution in [-0.4, -0.2) is 11.1 Å². The summed E-state index contributed by atoms with van der Waals surface area (Å²) in [5.41, 5.74) is 1.89. The van der Waals surface area contributed by atoms with Gasteiger partial charge in [-0.2, -0.15) is 0 Å². The van der Waals surface area contributed by atoms with Gasteiger partial charge in [-0.05, 0) is 54.6 Å². The van der Waals surface area contributed by atoms with E-state index < -0.39 is 0 Å². The summed E-state index contributed by atoms with van der Waals surface area (Å²) < 4.78 is 18.5. The average Bonchev–Trinajstić information content (AvgIpc) is 2.61. The van der Waals surface area contributed by atoms with Gasteiger partial charge in [0, 0.05) is 9.13 Å². The molecule has 1 amide bonds. The Hall–Kier alpha value is -1.44. The highest BCUT2D eigenvalue weighted by molar-refractivity contribution is 14.1. The fourth-order valence-electron chi connectivity index (χ4n) is 1.38. The van der Waals surface area contributed by atoms with Crippen LogP contribution in [0.2, 0.25) is 0 Å². The van der Waals surface area contributed by atoms with Crippen molar-refractivity contribution in [2.75, 3.05) is 5.32 Å². The molecule has 1 N–H and O–H groups in total. The van der Waals surface area contributed by atoms with E-state index in [0.29, 0.717) is 15.0 Å². The zero-order chi connectivity index (χ0) is 13.3. The number of aryl methyl sites for hydroxylation is 1. The number of anilines is 1. The van der Waals surface area contributed by atoms with Crippen LogP contribution >= 0.6 is 22.6 Å². The predicted molar refractivity (Wildman–Crippen MR) is 73.0 cm³/mol. The minimum Gasteiger partial charge on any atom is -0.338 e. The number of amides is 1. The van der Waals surface area contributed by atoms with E-state index in [4.69, 9.17) is 4.52 Å². The van der Waals surface area contributed by atoms with Crippen molar-refractivity contribution in [3.63, 3.8) is 0 Å². The molecule has 0 saturated heterocycles. The monoisotopic (exact) mass is 360 g/mol. The molecule has 2 aromatic rings. The van der Waals surface area contributed by atoms with E-state index in [9.17, 15) is 9.18 Å². The number of aromatic nitrogens is 1. The number of rotatable bonds is 2. The molecular weight excluding hydrogens is 350 g/mol. The number of halogens is 2. The zero-order valence-corrected chi connectivity index (χ0v) is 11.9. The number of nitrogens with zero attached hydrogens (tertiary/aromatic N) is 1. The molecule has 0 fully saturated rings. The molecule has 0 spiro atoms. The first-order valence-corrected chi connectivity index (χ1v) is 6.26. The lowest BCUT2D eigenvalue weighted by Gasteiger charge is -2.04. The fraction of sp³-hybridized carbons (Fsp3) is 0.167. The van der Waals surface area contributed by atoms with Crippen LogP contribution in [0.25, 0.3) is 0 Å². The second kappa shape index (κ2) is 5.05. The molecule has 0 radical (unpaired) electrons. The van der Waals surface area contributed by atoms with Crippen LogP contribution in [0.1, 0.15) is 21.6 Å². The highest BCUT2D eigenvalue weighted by Gasteiger charge is 2.15. The Bertz CT molecular complexity index is 610. The summed E-state index contributed by atoms with van der Waals surface area (Å²) in [5.74, 6) is -0.404. The Morgan fingerprint density at radius 3 is 2.72 bits per heavy atom. The summed E-state index contributed by atoms with van der Waals surface area (Å²) in [7, 11) is 0. The van der Waals surface area contributed by atoms with E-state index in [1.54, 1.807) is 13.8 Å². The minimum absolute atomic E-state index is 0.317. The van der Waals surface area contributed by atoms with Gasteiger partial charge in [-0.1, -0.05) is 5.16 Å². The van der Waals surface area contributed by atoms with Gasteiger partial charge in [-0.15, -0.1) is 0 Å². The molecule has 1 aromatic heterocycles. The Balaban J connectivity index is 2.25. The molecule has 94 valence electrons. The highest BCUT2D eigenvalue weighted by Crippen LogP contribution is 2.20. The van der Waals surface area contributed by atoms with Gasteiger partial charge in [0.05, 0.1) is 11.3 Å². The SMILES string of the molecule is Cc1noc(NC(=O)c2ccc(F)cc2I)c1C. The molecule has 6 heteroatoms. The van der Waals surface area contributed by atoms with Crippen LogP contribution in [0.4, 0.5) is 10.3 Å². The summed E-state index contributed by atoms with van der Waals surface area (Å²) in [6, 6.07) is 3.98. The Morgan fingerprint density at radius 1 is 1.44 bits per heavy atom. The van der Waals surface area contributed by atoms with E-state index in [1.165, 1.54) is 18.2 Å². The van der Waals surface area contributed by atoms with Crippen molar-refractivity contribution >= 4 is 34.4 Å². The molecule has 0 atom stereocenters. The lowest BCUT2D eigenvalue weighted by atomic mass is 10.2. The average molecular weight is 360 g/mol. The van der Waals surface area contributed by atoms with Crippen molar-refractivity contribution in [2.24, 2.45) is 0 Å². The number of hydrogen-bond donors (Lipinski definition) is 1. The second-order valence-electron chi connectivity index (χ2n) is 3.80. The normalized spacial score (nSPS) is 10.4. The molecule has 0 aliphatic carbocycles. The Kier molecular flexibility index (Phi) is 3.65. The third-order valence-electron chi connectivity index (χ3n) is 2.56. The highest BCUT2D eigenvalue weighted by atomic mass is 127. The largest absolute Gasteiger partial charge is 0.338 e. The van der Waals surface area contributed by atoms with Gasteiger partial charge in [-0.3, -0.25) is 10.1 Å². The minimum atomic E-state index is -0.373. The Morgan fingerprint density at radius 2 is 2.17 bits per heavy atom. The summed E-state index contributed by atoms with van der Waals surface area (Å²) >= 11 is 1.91. The van der Waals surface area contributed by atoms with Gasteiger partial charge in [0.1, 0.15) is 5.82 Å². The number of carbonyl (C=O) groups is 1. The summed E-state index contributed by atoms with van der Waals surface area (Å²) in [6.07, 6.45) is 0. The van der Waals surface area contributed by atoms with Gasteiger partial charge in [0.15, 0.2) is 0 Å². The number of nitrogens with one attached hydrogen (secondary N) is 1. The van der Waals surface area contributed by atoms with Gasteiger partial charge in [0.25, 0.3) is 5.91 Å². The van der Waals surface area contributed by atoms with Gasteiger partial charge < -0.3 is 4.52 Å². The van der Waals surface area contributed by atoms with Crippen molar-refractivity contribution in [1.29, 1.82) is 0 Å². The molecule has 1 heterocycles. The van der Waals surface area contributed by atoms with Crippen LogP contribution in [0.3, 0.4) is 0 Å². The smallest absolute Gasteiger partial charge is 0.259 e. The molecule has 0 aliphatic rings. The molecule has 1 aromatic carbocycles. The zero-order valence-electron chi connectivity index (χ0n) is 9.75. The van der Waals surface area contributed by atoms with E-state index in [1.807, 2.05) is 22.6 Å². The lowest BCUT2D eigenvalue weighted by Crippen LogP contribution is -2.13. The summed E-state index contributed by atoms with van der Waals surface area (Å²) in [4.78, 5) is 12.0. The van der Waals surface area contributed by atoms with Gasteiger partial charge in [0.2, 0.25) is 5.88 Å². The van der Waals surface area contributed by atoms with Crippen LogP contribution in [0.5, 0.6) is 0 Å². The maximum Gasteiger partial charge on any atom is 0.259 e. The Labute approximate surface area is 117 Å². The van der Waals surface area contributed by atoms with E-state index in [2.05, 4.69) is 10.5 Å². The molecule has 0 unspecified atom stereocenters. The molecule has 2 rings (SSSR count). The number of hydrogen-bond acceptors (Lipinski definition) is 3. The standard InChI is InChI=1S/C12H10FIN2O2/c1-6-7(2)16-18-12(6)15-11(17)9-4-3-8(13)5-10(9)14/h3-5H,1-2H3,(H,15,17). The molecule has 0 saturated carbocycles. The van der Waals surface area contributed by atoms with Crippen LogP contribution < -0.4 is 5.32 Å². The molecule has 4 nitrogen and oxygen atoms in total. The molecule has 18 heavy (non-hydrogen) atoms. The van der Waals surface area contributed by atoms with Crippen molar-refractivity contribution in [2.45, 2.75) is 13.8 Å². The number of benzene rings is 1. The maximum absolute atomic E-state index is 12.9. The molecule has 0 aliphatic heterocycles. The predicted octanol–water partition coefficient (Wildman–Crippen LogP) is 3.29. The summed E-state index contributed by atoms with van der Waals surface area (Å²) in [5, 5.41) is 6.36. The van der Waals surface area contributed by atoms with E-state index >= 15 is 0 Å². The first-order chi connectivity index (χ1) is 8.49. The molecule has 0 bridgehead atoms. The van der Waals surface area contributed by atoms with Gasteiger partial charge in [-0.25, -0.2) is 4.39 Å². The third kappa shape index (κ3) is 2.53. The topological polar surface area (TPSA) is 55.1 Å². The van der Waals surface area contributed by atoms with Crippen molar-refractivity contribution < 1.29 is 13.7 Å². The van der Waals surface area contributed by atoms with E-state index in [0.717, 1.165) is 11.3 Å². The first-order valence-electron chi connectivity index (χ1n) is 5.18. The summed E-state index contributed by atoms with van der Waals surface area (Å²) in [6.45, 7) is 3.59. The molecular formula is C12H10FIN2O2. The number of carbonyl (C=O) groups excluding carboxylic acids is 1. The van der Waals surface area contributed by atoms with Crippen molar-refractivity contribution in [1.82, 2.24) is 5.16 Å². The van der Waals surface area contributed by atoms with Crippen LogP contribution in [0.15, 0.2) is 22.7 Å². The quantitative estimate of drug-likeness (QED) is 0.837. The fourth-order valence-corrected chi connectivity index (χ4v) is 2.10. The second-order valence-corrected chi connectivity index (χ2v) is 4.96. The lowest BCUT2D eigenvalue weighted by molar-refractivity contribution is 0.102. The van der Waals surface area contributed by atoms with Crippen molar-refractivity contribution in [3.8, 4) is 0 Å². The van der Waals surface area contributed by atoms with Crippen LogP contribution in [0, 0.1) is 23.2 Å². The van der Waals surface area contributed by atoms with Crippen LogP contribution in [-0.2, 0) is 0 Å². The van der Waals surface area contributed by atoms with Gasteiger partial charge >= 0.3 is 0 Å².